The maximum atomic E-state index is 11.3. The first-order valence-electron chi connectivity index (χ1n) is 8.44. The van der Waals surface area contributed by atoms with Gasteiger partial charge in [0.05, 0.1) is 11.7 Å². The van der Waals surface area contributed by atoms with E-state index in [0.717, 1.165) is 0 Å². The highest BCUT2D eigenvalue weighted by atomic mass is 16.9. The summed E-state index contributed by atoms with van der Waals surface area (Å²) in [5.41, 5.74) is -3.34. The Balaban J connectivity index is 1.85. The van der Waals surface area contributed by atoms with E-state index in [1.54, 1.807) is 27.7 Å². The van der Waals surface area contributed by atoms with Gasteiger partial charge in [0.2, 0.25) is 0 Å². The number of aliphatic hydroxyl groups is 3. The van der Waals surface area contributed by atoms with Crippen molar-refractivity contribution >= 4 is 0 Å². The van der Waals surface area contributed by atoms with E-state index >= 15 is 0 Å². The third kappa shape index (κ3) is 2.14. The largest absolute Gasteiger partial charge is 0.390 e. The summed E-state index contributed by atoms with van der Waals surface area (Å²) in [5, 5.41) is 32.7. The molecule has 25 heavy (non-hydrogen) atoms. The second kappa shape index (κ2) is 4.84. The summed E-state index contributed by atoms with van der Waals surface area (Å²) < 4.78 is 23.6. The molecule has 4 saturated heterocycles. The van der Waals surface area contributed by atoms with Crippen LogP contribution in [0.15, 0.2) is 12.2 Å². The van der Waals surface area contributed by atoms with Gasteiger partial charge in [-0.05, 0) is 26.3 Å². The fourth-order valence-electron chi connectivity index (χ4n) is 4.36. The van der Waals surface area contributed by atoms with Crippen molar-refractivity contribution in [2.75, 3.05) is 0 Å². The predicted molar refractivity (Wildman–Crippen MR) is 85.1 cm³/mol. The molecule has 7 heteroatoms. The second-order valence-electron chi connectivity index (χ2n) is 8.16. The Hall–Kier alpha value is -0.980. The van der Waals surface area contributed by atoms with Crippen molar-refractivity contribution in [3.05, 3.63) is 12.2 Å². The Bertz CT molecular complexity index is 693. The smallest absolute Gasteiger partial charge is 0.281 e. The number of hydrogen-bond donors (Lipinski definition) is 3. The van der Waals surface area contributed by atoms with Gasteiger partial charge in [0.1, 0.15) is 30.0 Å². The van der Waals surface area contributed by atoms with Crippen molar-refractivity contribution in [1.82, 2.24) is 0 Å². The van der Waals surface area contributed by atoms with Crippen molar-refractivity contribution in [2.24, 2.45) is 0 Å². The molecule has 7 nitrogen and oxygen atoms in total. The van der Waals surface area contributed by atoms with Crippen LogP contribution in [0.5, 0.6) is 0 Å². The standard InChI is InChI=1S/C18H24O7/c1-9(2)6-7-17(21)12-11(20)18-8-10(19)15(3,4)22-14(18)13(17)24-16(5,23-12)25-18/h10-14,19-21H,1,8H2,2-5H3/t10-,11+,12+,13-,14+,16+,17-,18-/m1/s1. The summed E-state index contributed by atoms with van der Waals surface area (Å²) in [5.74, 6) is 4.08. The Morgan fingerprint density at radius 2 is 1.72 bits per heavy atom. The van der Waals surface area contributed by atoms with Gasteiger partial charge in [-0.25, -0.2) is 0 Å². The molecule has 4 aliphatic heterocycles. The van der Waals surface area contributed by atoms with Gasteiger partial charge in [0, 0.05) is 13.3 Å². The van der Waals surface area contributed by atoms with Gasteiger partial charge in [-0.3, -0.25) is 0 Å². The zero-order valence-electron chi connectivity index (χ0n) is 14.8. The molecule has 3 N–H and O–H groups in total. The van der Waals surface area contributed by atoms with Gasteiger partial charge in [0.15, 0.2) is 5.60 Å². The lowest BCUT2D eigenvalue weighted by Crippen LogP contribution is -2.89. The van der Waals surface area contributed by atoms with Crippen LogP contribution in [-0.4, -0.2) is 68.6 Å². The summed E-state index contributed by atoms with van der Waals surface area (Å²) in [6.07, 6.45) is -4.70. The van der Waals surface area contributed by atoms with E-state index in [4.69, 9.17) is 18.9 Å². The quantitative estimate of drug-likeness (QED) is 0.521. The first-order chi connectivity index (χ1) is 11.4. The molecule has 0 amide bonds. The zero-order valence-corrected chi connectivity index (χ0v) is 14.8. The minimum atomic E-state index is -1.78. The average molecular weight is 352 g/mol. The lowest BCUT2D eigenvalue weighted by molar-refractivity contribution is -0.576. The van der Waals surface area contributed by atoms with E-state index in [1.165, 1.54) is 0 Å². The second-order valence-corrected chi connectivity index (χ2v) is 8.16. The molecular formula is C18H24O7. The highest BCUT2D eigenvalue weighted by Crippen LogP contribution is 2.59. The number of aliphatic hydroxyl groups excluding tert-OH is 2. The van der Waals surface area contributed by atoms with Crippen LogP contribution < -0.4 is 0 Å². The fourth-order valence-corrected chi connectivity index (χ4v) is 4.36. The number of ether oxygens (including phenoxy) is 4. The summed E-state index contributed by atoms with van der Waals surface area (Å²) in [6.45, 7) is 10.5. The van der Waals surface area contributed by atoms with Gasteiger partial charge in [-0.1, -0.05) is 18.4 Å². The molecule has 5 fully saturated rings. The minimum absolute atomic E-state index is 0.144. The molecule has 0 aromatic heterocycles. The third-order valence-electron chi connectivity index (χ3n) is 5.69. The summed E-state index contributed by atoms with van der Waals surface area (Å²) in [6, 6.07) is 0. The molecule has 0 aromatic carbocycles. The minimum Gasteiger partial charge on any atom is -0.390 e. The Labute approximate surface area is 146 Å². The van der Waals surface area contributed by atoms with E-state index in [2.05, 4.69) is 18.4 Å². The molecule has 1 aliphatic carbocycles. The number of rotatable bonds is 0. The van der Waals surface area contributed by atoms with Crippen LogP contribution in [0, 0.1) is 11.8 Å². The molecule has 5 aliphatic rings. The van der Waals surface area contributed by atoms with Gasteiger partial charge in [-0.15, -0.1) is 0 Å². The van der Waals surface area contributed by atoms with Gasteiger partial charge in [-0.2, -0.15) is 0 Å². The van der Waals surface area contributed by atoms with E-state index in [-0.39, 0.29) is 6.42 Å². The predicted octanol–water partition coefficient (Wildman–Crippen LogP) is -0.173. The van der Waals surface area contributed by atoms with Gasteiger partial charge < -0.3 is 34.3 Å². The van der Waals surface area contributed by atoms with Crippen LogP contribution in [0.3, 0.4) is 0 Å². The first-order valence-corrected chi connectivity index (χ1v) is 8.44. The molecule has 5 rings (SSSR count). The number of hydrogen-bond acceptors (Lipinski definition) is 7. The molecule has 8 atom stereocenters. The molecule has 0 unspecified atom stereocenters. The van der Waals surface area contributed by atoms with Crippen molar-refractivity contribution in [3.8, 4) is 11.8 Å². The highest BCUT2D eigenvalue weighted by Gasteiger charge is 2.79. The molecule has 0 radical (unpaired) electrons. The number of allylic oxidation sites excluding steroid dienone is 1. The maximum Gasteiger partial charge on any atom is 0.281 e. The van der Waals surface area contributed by atoms with Gasteiger partial charge >= 0.3 is 0 Å². The first kappa shape index (κ1) is 17.4. The van der Waals surface area contributed by atoms with E-state index < -0.39 is 53.3 Å². The molecule has 1 saturated carbocycles. The Kier molecular flexibility index (Phi) is 3.38. The third-order valence-corrected chi connectivity index (χ3v) is 5.69. The van der Waals surface area contributed by atoms with Gasteiger partial charge in [0.25, 0.3) is 5.97 Å². The van der Waals surface area contributed by atoms with Crippen LogP contribution in [-0.2, 0) is 18.9 Å². The van der Waals surface area contributed by atoms with Crippen LogP contribution in [0.4, 0.5) is 0 Å². The molecule has 4 bridgehead atoms. The summed E-state index contributed by atoms with van der Waals surface area (Å²) in [7, 11) is 0. The normalized spacial score (nSPS) is 55.2. The summed E-state index contributed by atoms with van der Waals surface area (Å²) in [4.78, 5) is 0. The molecule has 1 spiro atoms. The Morgan fingerprint density at radius 3 is 2.36 bits per heavy atom. The van der Waals surface area contributed by atoms with Crippen LogP contribution in [0.25, 0.3) is 0 Å². The summed E-state index contributed by atoms with van der Waals surface area (Å²) >= 11 is 0. The SMILES string of the molecule is C=C(C)C#C[C@]1(O)[C@@H]2O[C@]3(C)O[C@H]1[C@H](O)[C@@]1(C[C@@H](O)C(C)(C)O[C@@H]21)O3. The van der Waals surface area contributed by atoms with Crippen molar-refractivity contribution in [1.29, 1.82) is 0 Å². The van der Waals surface area contributed by atoms with Crippen LogP contribution in [0.2, 0.25) is 0 Å². The highest BCUT2D eigenvalue weighted by molar-refractivity contribution is 5.37. The fraction of sp³-hybridized carbons (Fsp3) is 0.778. The molecule has 4 heterocycles. The molecule has 0 aromatic rings. The van der Waals surface area contributed by atoms with E-state index in [9.17, 15) is 15.3 Å². The average Bonchev–Trinajstić information content (AvgIpc) is 2.49. The zero-order chi connectivity index (χ0) is 18.4. The lowest BCUT2D eigenvalue weighted by atomic mass is 9.62. The lowest BCUT2D eigenvalue weighted by Gasteiger charge is -2.70. The van der Waals surface area contributed by atoms with Crippen molar-refractivity contribution in [3.63, 3.8) is 0 Å². The van der Waals surface area contributed by atoms with E-state index in [1.807, 2.05) is 0 Å². The van der Waals surface area contributed by atoms with Crippen LogP contribution in [0.1, 0.15) is 34.1 Å². The van der Waals surface area contributed by atoms with Crippen molar-refractivity contribution < 1.29 is 34.3 Å². The molecular weight excluding hydrogens is 328 g/mol. The van der Waals surface area contributed by atoms with Crippen LogP contribution >= 0.6 is 0 Å². The monoisotopic (exact) mass is 352 g/mol. The van der Waals surface area contributed by atoms with E-state index in [0.29, 0.717) is 5.57 Å². The Morgan fingerprint density at radius 1 is 1.08 bits per heavy atom. The molecule has 138 valence electrons. The van der Waals surface area contributed by atoms with Crippen molar-refractivity contribution in [2.45, 2.75) is 87.4 Å². The maximum absolute atomic E-state index is 11.3. The topological polar surface area (TPSA) is 97.6 Å².